The molecule has 128 valence electrons. The lowest BCUT2D eigenvalue weighted by Gasteiger charge is -2.10. The summed E-state index contributed by atoms with van der Waals surface area (Å²) in [6, 6.07) is 11.3. The Labute approximate surface area is 139 Å². The molecule has 4 nitrogen and oxygen atoms in total. The molecule has 0 saturated carbocycles. The Morgan fingerprint density at radius 3 is 2.46 bits per heavy atom. The fourth-order valence-corrected chi connectivity index (χ4v) is 2.21. The number of alkyl halides is 2. The van der Waals surface area contributed by atoms with Crippen LogP contribution < -0.4 is 14.8 Å². The average molecular weight is 335 g/mol. The van der Waals surface area contributed by atoms with Crippen molar-refractivity contribution >= 4 is 5.91 Å². The molecule has 1 N–H and O–H groups in total. The maximum absolute atomic E-state index is 12.1. The van der Waals surface area contributed by atoms with E-state index < -0.39 is 6.61 Å². The number of nitrogens with one attached hydrogen (secondary N) is 1. The van der Waals surface area contributed by atoms with Crippen LogP contribution in [0, 0.1) is 6.92 Å². The minimum atomic E-state index is -2.88. The van der Waals surface area contributed by atoms with Crippen LogP contribution in [0.3, 0.4) is 0 Å². The predicted molar refractivity (Wildman–Crippen MR) is 86.6 cm³/mol. The molecule has 1 amide bonds. The summed E-state index contributed by atoms with van der Waals surface area (Å²) in [6.07, 6.45) is 0. The Kier molecular flexibility index (Phi) is 6.12. The molecular weight excluding hydrogens is 316 g/mol. The van der Waals surface area contributed by atoms with E-state index >= 15 is 0 Å². The van der Waals surface area contributed by atoms with Crippen molar-refractivity contribution in [2.45, 2.75) is 27.0 Å². The van der Waals surface area contributed by atoms with Gasteiger partial charge >= 0.3 is 6.61 Å². The van der Waals surface area contributed by atoms with E-state index in [9.17, 15) is 13.6 Å². The quantitative estimate of drug-likeness (QED) is 0.834. The molecule has 24 heavy (non-hydrogen) atoms. The number of ether oxygens (including phenoxy) is 2. The van der Waals surface area contributed by atoms with Crippen molar-refractivity contribution in [3.8, 4) is 11.5 Å². The summed E-state index contributed by atoms with van der Waals surface area (Å²) >= 11 is 0. The fourth-order valence-electron chi connectivity index (χ4n) is 2.21. The number of rotatable bonds is 7. The highest BCUT2D eigenvalue weighted by atomic mass is 19.3. The zero-order chi connectivity index (χ0) is 17.5. The van der Waals surface area contributed by atoms with Crippen molar-refractivity contribution in [3.05, 3.63) is 59.2 Å². The molecule has 0 aromatic heterocycles. The molecular formula is C18H19F2NO3. The summed E-state index contributed by atoms with van der Waals surface area (Å²) in [5.41, 5.74) is 2.32. The molecule has 0 spiro atoms. The van der Waals surface area contributed by atoms with E-state index in [1.165, 1.54) is 24.3 Å². The maximum Gasteiger partial charge on any atom is 0.387 e. The number of amides is 1. The first-order valence-electron chi connectivity index (χ1n) is 7.55. The first-order valence-corrected chi connectivity index (χ1v) is 7.55. The van der Waals surface area contributed by atoms with Gasteiger partial charge in [0, 0.05) is 12.1 Å². The summed E-state index contributed by atoms with van der Waals surface area (Å²) in [7, 11) is 0. The molecule has 0 bridgehead atoms. The highest BCUT2D eigenvalue weighted by Crippen LogP contribution is 2.19. The third-order valence-electron chi connectivity index (χ3n) is 3.33. The zero-order valence-corrected chi connectivity index (χ0v) is 13.5. The van der Waals surface area contributed by atoms with Crippen molar-refractivity contribution in [2.24, 2.45) is 0 Å². The van der Waals surface area contributed by atoms with Gasteiger partial charge in [-0.05, 0) is 55.3 Å². The van der Waals surface area contributed by atoms with E-state index in [2.05, 4.69) is 10.1 Å². The lowest BCUT2D eigenvalue weighted by atomic mass is 10.1. The molecule has 2 rings (SSSR count). The highest BCUT2D eigenvalue weighted by molar-refractivity contribution is 5.94. The number of benzene rings is 2. The van der Waals surface area contributed by atoms with Gasteiger partial charge in [0.05, 0.1) is 6.61 Å². The molecule has 0 aliphatic rings. The van der Waals surface area contributed by atoms with Gasteiger partial charge in [0.25, 0.3) is 5.91 Å². The molecule has 0 fully saturated rings. The Bertz CT molecular complexity index is 687. The van der Waals surface area contributed by atoms with E-state index in [1.54, 1.807) is 0 Å². The molecule has 0 atom stereocenters. The van der Waals surface area contributed by atoms with Gasteiger partial charge in [-0.3, -0.25) is 4.79 Å². The SMILES string of the molecule is CCOc1ccc(CNC(=O)c2ccc(OC(F)F)cc2)cc1C. The van der Waals surface area contributed by atoms with Crippen LogP contribution in [-0.4, -0.2) is 19.1 Å². The van der Waals surface area contributed by atoms with Crippen LogP contribution in [0.2, 0.25) is 0 Å². The second-order valence-electron chi connectivity index (χ2n) is 5.12. The summed E-state index contributed by atoms with van der Waals surface area (Å²) in [4.78, 5) is 12.1. The number of hydrogen-bond acceptors (Lipinski definition) is 3. The molecule has 2 aromatic rings. The average Bonchev–Trinajstić information content (AvgIpc) is 2.55. The number of hydrogen-bond donors (Lipinski definition) is 1. The van der Waals surface area contributed by atoms with Gasteiger partial charge in [-0.15, -0.1) is 0 Å². The second-order valence-corrected chi connectivity index (χ2v) is 5.12. The van der Waals surface area contributed by atoms with Gasteiger partial charge in [-0.25, -0.2) is 0 Å². The molecule has 2 aromatic carbocycles. The standard InChI is InChI=1S/C18H19F2NO3/c1-3-23-16-9-4-13(10-12(16)2)11-21-17(22)14-5-7-15(8-6-14)24-18(19)20/h4-10,18H,3,11H2,1-2H3,(H,21,22). The number of carbonyl (C=O) groups excluding carboxylic acids is 1. The first-order chi connectivity index (χ1) is 11.5. The number of carbonyl (C=O) groups is 1. The maximum atomic E-state index is 12.1. The summed E-state index contributed by atoms with van der Waals surface area (Å²) in [6.45, 7) is 1.94. The Morgan fingerprint density at radius 2 is 1.88 bits per heavy atom. The number of halogens is 2. The smallest absolute Gasteiger partial charge is 0.387 e. The van der Waals surface area contributed by atoms with E-state index in [0.29, 0.717) is 18.7 Å². The Balaban J connectivity index is 1.94. The molecule has 0 radical (unpaired) electrons. The fraction of sp³-hybridized carbons (Fsp3) is 0.278. The molecule has 0 heterocycles. The van der Waals surface area contributed by atoms with E-state index in [4.69, 9.17) is 4.74 Å². The molecule has 0 aliphatic heterocycles. The van der Waals surface area contributed by atoms with Crippen LogP contribution in [0.1, 0.15) is 28.4 Å². The van der Waals surface area contributed by atoms with Crippen molar-refractivity contribution in [1.82, 2.24) is 5.32 Å². The topological polar surface area (TPSA) is 47.6 Å². The Morgan fingerprint density at radius 1 is 1.17 bits per heavy atom. The zero-order valence-electron chi connectivity index (χ0n) is 13.5. The van der Waals surface area contributed by atoms with Gasteiger partial charge in [0.15, 0.2) is 0 Å². The lowest BCUT2D eigenvalue weighted by Crippen LogP contribution is -2.22. The van der Waals surface area contributed by atoms with Crippen LogP contribution in [0.15, 0.2) is 42.5 Å². The molecule has 0 saturated heterocycles. The van der Waals surface area contributed by atoms with Crippen molar-refractivity contribution in [1.29, 1.82) is 0 Å². The van der Waals surface area contributed by atoms with E-state index in [0.717, 1.165) is 16.9 Å². The highest BCUT2D eigenvalue weighted by Gasteiger charge is 2.08. The predicted octanol–water partition coefficient (Wildman–Crippen LogP) is 3.93. The van der Waals surface area contributed by atoms with Gasteiger partial charge in [0.1, 0.15) is 11.5 Å². The lowest BCUT2D eigenvalue weighted by molar-refractivity contribution is -0.0498. The summed E-state index contributed by atoms with van der Waals surface area (Å²) in [5.74, 6) is 0.552. The van der Waals surface area contributed by atoms with Gasteiger partial charge in [-0.2, -0.15) is 8.78 Å². The van der Waals surface area contributed by atoms with E-state index in [-0.39, 0.29) is 11.7 Å². The van der Waals surface area contributed by atoms with Crippen molar-refractivity contribution in [3.63, 3.8) is 0 Å². The minimum absolute atomic E-state index is 0.0173. The van der Waals surface area contributed by atoms with Crippen molar-refractivity contribution < 1.29 is 23.0 Å². The molecule has 0 aliphatic carbocycles. The molecule has 6 heteroatoms. The first kappa shape index (κ1) is 17.7. The van der Waals surface area contributed by atoms with Crippen LogP contribution >= 0.6 is 0 Å². The summed E-state index contributed by atoms with van der Waals surface area (Å²) in [5, 5.41) is 2.79. The van der Waals surface area contributed by atoms with Crippen LogP contribution in [-0.2, 0) is 6.54 Å². The molecule has 0 unspecified atom stereocenters. The van der Waals surface area contributed by atoms with Gasteiger partial charge in [-0.1, -0.05) is 12.1 Å². The van der Waals surface area contributed by atoms with E-state index in [1.807, 2.05) is 32.0 Å². The normalized spacial score (nSPS) is 10.5. The summed E-state index contributed by atoms with van der Waals surface area (Å²) < 4.78 is 33.9. The van der Waals surface area contributed by atoms with Crippen molar-refractivity contribution in [2.75, 3.05) is 6.61 Å². The van der Waals surface area contributed by atoms with Crippen LogP contribution in [0.5, 0.6) is 11.5 Å². The van der Waals surface area contributed by atoms with Gasteiger partial charge < -0.3 is 14.8 Å². The third kappa shape index (κ3) is 4.94. The van der Waals surface area contributed by atoms with Crippen LogP contribution in [0.4, 0.5) is 8.78 Å². The van der Waals surface area contributed by atoms with Crippen LogP contribution in [0.25, 0.3) is 0 Å². The largest absolute Gasteiger partial charge is 0.494 e. The Hall–Kier alpha value is -2.63. The second kappa shape index (κ2) is 8.29. The number of aryl methyl sites for hydroxylation is 1. The third-order valence-corrected chi connectivity index (χ3v) is 3.33. The van der Waals surface area contributed by atoms with Gasteiger partial charge in [0.2, 0.25) is 0 Å². The minimum Gasteiger partial charge on any atom is -0.494 e. The monoisotopic (exact) mass is 335 g/mol.